The van der Waals surface area contributed by atoms with Gasteiger partial charge in [-0.2, -0.15) is 13.2 Å². The van der Waals surface area contributed by atoms with Crippen LogP contribution in [0.5, 0.6) is 0 Å². The van der Waals surface area contributed by atoms with Gasteiger partial charge in [-0.25, -0.2) is 14.4 Å². The average Bonchev–Trinajstić information content (AvgIpc) is 2.14. The first-order chi connectivity index (χ1) is 6.97. The number of aromatic nitrogens is 2. The molecule has 0 aliphatic heterocycles. The van der Waals surface area contributed by atoms with E-state index in [2.05, 4.69) is 15.3 Å². The minimum atomic E-state index is -4.23. The van der Waals surface area contributed by atoms with Gasteiger partial charge in [0.15, 0.2) is 5.82 Å². The van der Waals surface area contributed by atoms with Crippen LogP contribution in [0.15, 0.2) is 12.4 Å². The van der Waals surface area contributed by atoms with Crippen LogP contribution in [0.3, 0.4) is 0 Å². The Hall–Kier alpha value is -1.05. The molecule has 3 nitrogen and oxygen atoms in total. The third kappa shape index (κ3) is 5.40. The Kier molecular flexibility index (Phi) is 4.13. The molecule has 0 amide bonds. The van der Waals surface area contributed by atoms with E-state index in [0.717, 1.165) is 12.4 Å². The van der Waals surface area contributed by atoms with Crippen molar-refractivity contribution in [3.8, 4) is 0 Å². The first-order valence-electron chi connectivity index (χ1n) is 3.89. The quantitative estimate of drug-likeness (QED) is 0.648. The smallest absolute Gasteiger partial charge is 0.353 e. The van der Waals surface area contributed by atoms with Crippen molar-refractivity contribution in [2.75, 3.05) is 17.6 Å². The van der Waals surface area contributed by atoms with Crippen LogP contribution < -0.4 is 5.32 Å². The van der Waals surface area contributed by atoms with Gasteiger partial charge in [-0.1, -0.05) is 0 Å². The number of nitrogens with one attached hydrogen (secondary N) is 1. The zero-order valence-electron chi connectivity index (χ0n) is 7.38. The van der Waals surface area contributed by atoms with Crippen molar-refractivity contribution in [3.63, 3.8) is 0 Å². The Labute approximate surface area is 87.3 Å². The van der Waals surface area contributed by atoms with E-state index < -0.39 is 11.3 Å². The maximum atomic E-state index is 12.3. The lowest BCUT2D eigenvalue weighted by Crippen LogP contribution is -2.11. The van der Waals surface area contributed by atoms with Gasteiger partial charge in [0.1, 0.15) is 0 Å². The van der Waals surface area contributed by atoms with Gasteiger partial charge >= 0.3 is 5.51 Å². The van der Waals surface area contributed by atoms with Crippen LogP contribution >= 0.6 is 11.8 Å². The fraction of sp³-hybridized carbons (Fsp3) is 0.429. The van der Waals surface area contributed by atoms with Crippen LogP contribution in [-0.2, 0) is 0 Å². The van der Waals surface area contributed by atoms with Gasteiger partial charge in [-0.15, -0.1) is 0 Å². The molecule has 1 aromatic heterocycles. The zero-order chi connectivity index (χ0) is 11.3. The number of halogens is 4. The highest BCUT2D eigenvalue weighted by atomic mass is 32.2. The molecule has 0 radical (unpaired) electrons. The first-order valence-corrected chi connectivity index (χ1v) is 4.88. The first kappa shape index (κ1) is 12.0. The van der Waals surface area contributed by atoms with Gasteiger partial charge in [0.25, 0.3) is 0 Å². The minimum Gasteiger partial charge on any atom is -0.353 e. The summed E-state index contributed by atoms with van der Waals surface area (Å²) >= 11 is -0.136. The zero-order valence-corrected chi connectivity index (χ0v) is 8.20. The molecule has 15 heavy (non-hydrogen) atoms. The van der Waals surface area contributed by atoms with Gasteiger partial charge in [0.2, 0.25) is 5.95 Å². The predicted molar refractivity (Wildman–Crippen MR) is 49.0 cm³/mol. The maximum absolute atomic E-state index is 12.3. The standard InChI is InChI=1S/C7H7F4N3S/c8-5-3-13-6(14-4-5)12-1-2-15-7(9,10)11/h3-4H,1-2H2,(H,12,13,14). The molecule has 0 fully saturated rings. The van der Waals surface area contributed by atoms with Crippen molar-refractivity contribution in [2.45, 2.75) is 5.51 Å². The minimum absolute atomic E-state index is 0.0653. The Balaban J connectivity index is 2.23. The summed E-state index contributed by atoms with van der Waals surface area (Å²) in [6.45, 7) is 0.0653. The van der Waals surface area contributed by atoms with Gasteiger partial charge in [0.05, 0.1) is 12.4 Å². The summed E-state index contributed by atoms with van der Waals surface area (Å²) < 4.78 is 47.4. The average molecular weight is 241 g/mol. The molecule has 1 rings (SSSR count). The van der Waals surface area contributed by atoms with E-state index in [1.807, 2.05) is 0 Å². The molecule has 1 N–H and O–H groups in total. The van der Waals surface area contributed by atoms with E-state index in [1.54, 1.807) is 0 Å². The maximum Gasteiger partial charge on any atom is 0.441 e. The third-order valence-electron chi connectivity index (χ3n) is 1.27. The molecule has 0 saturated heterocycles. The molecule has 0 saturated carbocycles. The largest absolute Gasteiger partial charge is 0.441 e. The van der Waals surface area contributed by atoms with Crippen LogP contribution in [0.25, 0.3) is 0 Å². The number of hydrogen-bond donors (Lipinski definition) is 1. The molecule has 1 heterocycles. The molecule has 84 valence electrons. The fourth-order valence-electron chi connectivity index (χ4n) is 0.733. The number of nitrogens with zero attached hydrogens (tertiary/aromatic N) is 2. The second kappa shape index (κ2) is 5.15. The number of anilines is 1. The van der Waals surface area contributed by atoms with Gasteiger partial charge in [-0.3, -0.25) is 0 Å². The summed E-state index contributed by atoms with van der Waals surface area (Å²) in [5.41, 5.74) is -4.23. The predicted octanol–water partition coefficient (Wildman–Crippen LogP) is 2.28. The molecule has 0 atom stereocenters. The van der Waals surface area contributed by atoms with E-state index in [-0.39, 0.29) is 30.0 Å². The molecule has 0 aromatic carbocycles. The molecule has 0 spiro atoms. The summed E-state index contributed by atoms with van der Waals surface area (Å²) in [7, 11) is 0. The number of rotatable bonds is 4. The summed E-state index contributed by atoms with van der Waals surface area (Å²) in [6, 6.07) is 0. The summed E-state index contributed by atoms with van der Waals surface area (Å²) in [6.07, 6.45) is 1.87. The van der Waals surface area contributed by atoms with Crippen molar-refractivity contribution >= 4 is 17.7 Å². The molecule has 0 aliphatic carbocycles. The SMILES string of the molecule is Fc1cnc(NCCSC(F)(F)F)nc1. The van der Waals surface area contributed by atoms with Crippen LogP contribution in [0.2, 0.25) is 0 Å². The Morgan fingerprint density at radius 3 is 2.40 bits per heavy atom. The van der Waals surface area contributed by atoms with Crippen LogP contribution in [0.4, 0.5) is 23.5 Å². The number of thioether (sulfide) groups is 1. The summed E-state index contributed by atoms with van der Waals surface area (Å²) in [5, 5.41) is 2.53. The molecule has 0 bridgehead atoms. The number of hydrogen-bond acceptors (Lipinski definition) is 4. The highest BCUT2D eigenvalue weighted by Gasteiger charge is 2.27. The van der Waals surface area contributed by atoms with Gasteiger partial charge < -0.3 is 5.32 Å². The van der Waals surface area contributed by atoms with Crippen molar-refractivity contribution in [1.29, 1.82) is 0 Å². The van der Waals surface area contributed by atoms with E-state index in [0.29, 0.717) is 0 Å². The van der Waals surface area contributed by atoms with E-state index in [1.165, 1.54) is 0 Å². The lowest BCUT2D eigenvalue weighted by Gasteiger charge is -2.06. The highest BCUT2D eigenvalue weighted by Crippen LogP contribution is 2.29. The second-order valence-corrected chi connectivity index (χ2v) is 3.61. The Bertz CT molecular complexity index is 300. The van der Waals surface area contributed by atoms with Crippen molar-refractivity contribution in [3.05, 3.63) is 18.2 Å². The van der Waals surface area contributed by atoms with Gasteiger partial charge in [-0.05, 0) is 11.8 Å². The Morgan fingerprint density at radius 2 is 1.87 bits per heavy atom. The van der Waals surface area contributed by atoms with Crippen molar-refractivity contribution in [2.24, 2.45) is 0 Å². The van der Waals surface area contributed by atoms with E-state index in [4.69, 9.17) is 0 Å². The van der Waals surface area contributed by atoms with Crippen molar-refractivity contribution < 1.29 is 17.6 Å². The molecule has 0 aliphatic rings. The third-order valence-corrected chi connectivity index (χ3v) is 2.01. The Morgan fingerprint density at radius 1 is 1.27 bits per heavy atom. The topological polar surface area (TPSA) is 37.8 Å². The van der Waals surface area contributed by atoms with Gasteiger partial charge in [0, 0.05) is 12.3 Å². The van der Waals surface area contributed by atoms with Crippen LogP contribution in [-0.4, -0.2) is 27.8 Å². The summed E-state index contributed by atoms with van der Waals surface area (Å²) in [5.74, 6) is -0.631. The molecular formula is C7H7F4N3S. The number of alkyl halides is 3. The molecule has 1 aromatic rings. The molecule has 8 heteroatoms. The van der Waals surface area contributed by atoms with E-state index in [9.17, 15) is 17.6 Å². The second-order valence-electron chi connectivity index (χ2n) is 2.45. The molecular weight excluding hydrogens is 234 g/mol. The highest BCUT2D eigenvalue weighted by molar-refractivity contribution is 8.00. The lowest BCUT2D eigenvalue weighted by atomic mass is 10.6. The van der Waals surface area contributed by atoms with Crippen molar-refractivity contribution in [1.82, 2.24) is 9.97 Å². The fourth-order valence-corrected chi connectivity index (χ4v) is 1.17. The normalized spacial score (nSPS) is 11.5. The lowest BCUT2D eigenvalue weighted by molar-refractivity contribution is -0.0327. The van der Waals surface area contributed by atoms with E-state index >= 15 is 0 Å². The summed E-state index contributed by atoms with van der Waals surface area (Å²) in [4.78, 5) is 7.05. The molecule has 0 unspecified atom stereocenters. The monoisotopic (exact) mass is 241 g/mol. The van der Waals surface area contributed by atoms with Crippen LogP contribution in [0.1, 0.15) is 0 Å². The van der Waals surface area contributed by atoms with Crippen LogP contribution in [0, 0.1) is 5.82 Å².